The maximum atomic E-state index is 14.0. The lowest BCUT2D eigenvalue weighted by Gasteiger charge is -2.47. The predicted molar refractivity (Wildman–Crippen MR) is 161 cm³/mol. The average Bonchev–Trinajstić information content (AvgIpc) is 2.87. The molecule has 9 heteroatoms. The van der Waals surface area contributed by atoms with Gasteiger partial charge in [-0.05, 0) is 70.9 Å². The average molecular weight is 566 g/mol. The highest BCUT2D eigenvalue weighted by atomic mass is 35.5. The van der Waals surface area contributed by atoms with E-state index in [1.54, 1.807) is 7.11 Å². The molecule has 0 bridgehead atoms. The Morgan fingerprint density at radius 3 is 2.67 bits per heavy atom. The lowest BCUT2D eigenvalue weighted by Crippen LogP contribution is -2.60. The van der Waals surface area contributed by atoms with E-state index in [2.05, 4.69) is 41.0 Å². The first-order valence-electron chi connectivity index (χ1n) is 14.1. The molecule has 39 heavy (non-hydrogen) atoms. The number of nitrogens with one attached hydrogen (secondary N) is 1. The summed E-state index contributed by atoms with van der Waals surface area (Å²) in [6.45, 7) is 15.8. The van der Waals surface area contributed by atoms with Crippen LogP contribution in [0.2, 0.25) is 0 Å². The van der Waals surface area contributed by atoms with Crippen LogP contribution in [-0.2, 0) is 9.47 Å². The predicted octanol–water partition coefficient (Wildman–Crippen LogP) is 6.97. The van der Waals surface area contributed by atoms with Crippen molar-refractivity contribution in [2.75, 3.05) is 45.2 Å². The smallest absolute Gasteiger partial charge is 0.137 e. The number of aromatic nitrogens is 2. The van der Waals surface area contributed by atoms with Gasteiger partial charge >= 0.3 is 0 Å². The van der Waals surface area contributed by atoms with Crippen LogP contribution in [0, 0.1) is 11.8 Å². The van der Waals surface area contributed by atoms with Gasteiger partial charge in [0.15, 0.2) is 0 Å². The zero-order valence-corrected chi connectivity index (χ0v) is 25.7. The summed E-state index contributed by atoms with van der Waals surface area (Å²) in [5.74, 6) is 2.60. The standard InChI is InChI=1S/C30H49ClFN5O2/c1-8-12-30(33)19-37(18-21(2)3)13-11-25(30)10-9-14-39-23(5)16-28-26(15-22(4)38-7)29(36-20-35-28)34-17-27(32)24(6)31/h15-16,20-21,25H,8-14,17-19,33H2,1-7H3,(H,34,35,36)/b22-15+,23-16+,27-24-. The van der Waals surface area contributed by atoms with Crippen LogP contribution in [-0.4, -0.2) is 60.3 Å². The van der Waals surface area contributed by atoms with Crippen LogP contribution in [0.25, 0.3) is 12.2 Å². The number of nitrogens with zero attached hydrogens (tertiary/aromatic N) is 3. The molecule has 220 valence electrons. The topological polar surface area (TPSA) is 85.5 Å². The van der Waals surface area contributed by atoms with E-state index < -0.39 is 5.83 Å². The first-order valence-corrected chi connectivity index (χ1v) is 14.5. The molecule has 0 aromatic carbocycles. The third kappa shape index (κ3) is 10.7. The maximum Gasteiger partial charge on any atom is 0.137 e. The van der Waals surface area contributed by atoms with E-state index in [1.807, 2.05) is 26.0 Å². The van der Waals surface area contributed by atoms with Gasteiger partial charge in [0.1, 0.15) is 18.0 Å². The summed E-state index contributed by atoms with van der Waals surface area (Å²) in [6.07, 6.45) is 10.4. The second kappa shape index (κ2) is 16.2. The number of nitrogens with two attached hydrogens (primary N) is 1. The number of ether oxygens (including phenoxy) is 2. The Balaban J connectivity index is 2.06. The molecule has 1 aliphatic heterocycles. The summed E-state index contributed by atoms with van der Waals surface area (Å²) in [7, 11) is 1.59. The molecule has 0 radical (unpaired) electrons. The lowest BCUT2D eigenvalue weighted by atomic mass is 9.73. The number of hydrogen-bond acceptors (Lipinski definition) is 7. The number of anilines is 1. The van der Waals surface area contributed by atoms with Crippen LogP contribution in [0.3, 0.4) is 0 Å². The van der Waals surface area contributed by atoms with Gasteiger partial charge in [0.25, 0.3) is 0 Å². The maximum absolute atomic E-state index is 14.0. The zero-order valence-electron chi connectivity index (χ0n) is 24.9. The molecular weight excluding hydrogens is 517 g/mol. The van der Waals surface area contributed by atoms with Crippen LogP contribution >= 0.6 is 11.6 Å². The molecule has 1 aromatic heterocycles. The molecule has 2 unspecified atom stereocenters. The minimum Gasteiger partial charge on any atom is -0.501 e. The van der Waals surface area contributed by atoms with Gasteiger partial charge in [0.2, 0.25) is 0 Å². The van der Waals surface area contributed by atoms with Crippen molar-refractivity contribution in [1.82, 2.24) is 14.9 Å². The van der Waals surface area contributed by atoms with Crippen molar-refractivity contribution in [1.29, 1.82) is 0 Å². The largest absolute Gasteiger partial charge is 0.501 e. The van der Waals surface area contributed by atoms with Gasteiger partial charge in [-0.25, -0.2) is 14.4 Å². The zero-order chi connectivity index (χ0) is 29.0. The summed E-state index contributed by atoms with van der Waals surface area (Å²) in [5, 5.41) is 3.11. The molecule has 2 rings (SSSR count). The summed E-state index contributed by atoms with van der Waals surface area (Å²) in [5.41, 5.74) is 8.20. The molecule has 2 heterocycles. The minimum absolute atomic E-state index is 0.0745. The van der Waals surface area contributed by atoms with Crippen molar-refractivity contribution in [3.05, 3.63) is 40.0 Å². The fraction of sp³-hybridized carbons (Fsp3) is 0.667. The van der Waals surface area contributed by atoms with E-state index >= 15 is 0 Å². The number of halogens is 2. The third-order valence-electron chi connectivity index (χ3n) is 7.20. The minimum atomic E-state index is -0.448. The van der Waals surface area contributed by atoms with Crippen molar-refractivity contribution in [3.8, 4) is 0 Å². The van der Waals surface area contributed by atoms with Crippen molar-refractivity contribution in [3.63, 3.8) is 0 Å². The molecular formula is C30H49ClFN5O2. The Kier molecular flexibility index (Phi) is 13.7. The van der Waals surface area contributed by atoms with E-state index in [1.165, 1.54) is 13.3 Å². The summed E-state index contributed by atoms with van der Waals surface area (Å²) in [6, 6.07) is 0. The number of piperidine rings is 1. The van der Waals surface area contributed by atoms with Gasteiger partial charge in [0, 0.05) is 35.3 Å². The Bertz CT molecular complexity index is 1010. The number of methoxy groups -OCH3 is 1. The second-order valence-corrected chi connectivity index (χ2v) is 11.7. The van der Waals surface area contributed by atoms with Gasteiger partial charge in [-0.2, -0.15) is 0 Å². The van der Waals surface area contributed by atoms with Crippen molar-refractivity contribution >= 4 is 29.6 Å². The van der Waals surface area contributed by atoms with Crippen molar-refractivity contribution < 1.29 is 13.9 Å². The summed E-state index contributed by atoms with van der Waals surface area (Å²) >= 11 is 5.77. The van der Waals surface area contributed by atoms with Gasteiger partial charge < -0.3 is 25.4 Å². The Morgan fingerprint density at radius 1 is 1.28 bits per heavy atom. The molecule has 2 atom stereocenters. The molecule has 3 N–H and O–H groups in total. The molecule has 0 saturated carbocycles. The summed E-state index contributed by atoms with van der Waals surface area (Å²) < 4.78 is 25.4. The van der Waals surface area contributed by atoms with Crippen LogP contribution < -0.4 is 11.1 Å². The third-order valence-corrected chi connectivity index (χ3v) is 7.40. The normalized spacial score (nSPS) is 21.7. The molecule has 0 amide bonds. The van der Waals surface area contributed by atoms with Crippen LogP contribution in [0.4, 0.5) is 10.2 Å². The van der Waals surface area contributed by atoms with Gasteiger partial charge in [-0.3, -0.25) is 0 Å². The van der Waals surface area contributed by atoms with E-state index in [4.69, 9.17) is 26.8 Å². The Hall–Kier alpha value is -2.16. The highest BCUT2D eigenvalue weighted by Crippen LogP contribution is 2.33. The molecule has 1 fully saturated rings. The molecule has 0 aliphatic carbocycles. The number of hydrogen-bond donors (Lipinski definition) is 2. The van der Waals surface area contributed by atoms with Gasteiger partial charge in [-0.15, -0.1) is 0 Å². The molecule has 0 spiro atoms. The highest BCUT2D eigenvalue weighted by Gasteiger charge is 2.39. The fourth-order valence-electron chi connectivity index (χ4n) is 5.25. The first-order chi connectivity index (χ1) is 18.5. The van der Waals surface area contributed by atoms with E-state index in [-0.39, 0.29) is 17.1 Å². The van der Waals surface area contributed by atoms with Crippen molar-refractivity contribution in [2.24, 2.45) is 17.6 Å². The lowest BCUT2D eigenvalue weighted by molar-refractivity contribution is 0.0668. The quantitative estimate of drug-likeness (QED) is 0.175. The monoisotopic (exact) mass is 565 g/mol. The number of allylic oxidation sites excluding steroid dienone is 3. The molecule has 7 nitrogen and oxygen atoms in total. The first kappa shape index (κ1) is 33.0. The Morgan fingerprint density at radius 2 is 2.03 bits per heavy atom. The van der Waals surface area contributed by atoms with Crippen LogP contribution in [0.1, 0.15) is 84.9 Å². The Labute approximate surface area is 240 Å². The molecule has 1 saturated heterocycles. The number of rotatable bonds is 15. The highest BCUT2D eigenvalue weighted by molar-refractivity contribution is 6.29. The van der Waals surface area contributed by atoms with Crippen LogP contribution in [0.5, 0.6) is 0 Å². The molecule has 1 aliphatic rings. The van der Waals surface area contributed by atoms with Gasteiger partial charge in [-0.1, -0.05) is 38.8 Å². The summed E-state index contributed by atoms with van der Waals surface area (Å²) in [4.78, 5) is 11.3. The number of likely N-dealkylation sites (tertiary alicyclic amines) is 1. The van der Waals surface area contributed by atoms with Crippen LogP contribution in [0.15, 0.2) is 28.7 Å². The van der Waals surface area contributed by atoms with E-state index in [0.717, 1.165) is 57.5 Å². The van der Waals surface area contributed by atoms with E-state index in [0.29, 0.717) is 41.3 Å². The fourth-order valence-corrected chi connectivity index (χ4v) is 5.32. The van der Waals surface area contributed by atoms with Gasteiger partial charge in [0.05, 0.1) is 37.5 Å². The van der Waals surface area contributed by atoms with Crippen molar-refractivity contribution in [2.45, 2.75) is 79.2 Å². The van der Waals surface area contributed by atoms with E-state index in [9.17, 15) is 4.39 Å². The SMILES string of the molecule is CCCC1(N)CN(CC(C)C)CCC1CCCO/C(C)=C/c1ncnc(NC/C(F)=C(\C)Cl)c1/C=C(\C)OC. The second-order valence-electron chi connectivity index (χ2n) is 11.1. The molecule has 1 aromatic rings.